The summed E-state index contributed by atoms with van der Waals surface area (Å²) in [6, 6.07) is 8.45. The molecule has 22 heavy (non-hydrogen) atoms. The zero-order valence-electron chi connectivity index (χ0n) is 13.3. The van der Waals surface area contributed by atoms with Crippen molar-refractivity contribution in [1.82, 2.24) is 5.32 Å². The van der Waals surface area contributed by atoms with E-state index in [2.05, 4.69) is 5.32 Å². The number of rotatable bonds is 5. The number of nitrogens with one attached hydrogen (secondary N) is 1. The van der Waals surface area contributed by atoms with Crippen LogP contribution in [0.3, 0.4) is 0 Å². The van der Waals surface area contributed by atoms with E-state index in [9.17, 15) is 13.2 Å². The van der Waals surface area contributed by atoms with Gasteiger partial charge < -0.3 is 5.32 Å². The molecule has 0 radical (unpaired) electrons. The molecule has 0 heterocycles. The van der Waals surface area contributed by atoms with E-state index < -0.39 is 15.4 Å². The highest BCUT2D eigenvalue weighted by molar-refractivity contribution is 7.92. The maximum absolute atomic E-state index is 12.0. The number of benzene rings is 1. The van der Waals surface area contributed by atoms with Gasteiger partial charge in [-0.25, -0.2) is 8.42 Å². The first-order valence-electron chi connectivity index (χ1n) is 6.82. The molecule has 0 aliphatic carbocycles. The summed E-state index contributed by atoms with van der Waals surface area (Å²) in [4.78, 5) is 11.8. The standard InChI is InChI=1S/C15H21N3O3S/c1-15(2,3)14(19)17-9-10-18(22(4,20)21)13-8-6-5-7-12(13)11-16/h5-8H,9-10H2,1-4H3,(H,17,19). The maximum Gasteiger partial charge on any atom is 0.232 e. The van der Waals surface area contributed by atoms with E-state index in [0.29, 0.717) is 5.69 Å². The molecule has 0 aliphatic rings. The van der Waals surface area contributed by atoms with E-state index in [-0.39, 0.29) is 24.6 Å². The summed E-state index contributed by atoms with van der Waals surface area (Å²) < 4.78 is 25.1. The van der Waals surface area contributed by atoms with Crippen molar-refractivity contribution in [2.24, 2.45) is 5.41 Å². The van der Waals surface area contributed by atoms with Gasteiger partial charge in [-0.15, -0.1) is 0 Å². The van der Waals surface area contributed by atoms with Crippen molar-refractivity contribution in [3.05, 3.63) is 29.8 Å². The highest BCUT2D eigenvalue weighted by Gasteiger charge is 2.23. The fourth-order valence-electron chi connectivity index (χ4n) is 1.79. The van der Waals surface area contributed by atoms with Gasteiger partial charge in [0, 0.05) is 12.0 Å². The Morgan fingerprint density at radius 1 is 1.32 bits per heavy atom. The zero-order chi connectivity index (χ0) is 17.0. The fraction of sp³-hybridized carbons (Fsp3) is 0.467. The van der Waals surface area contributed by atoms with Crippen molar-refractivity contribution in [2.75, 3.05) is 23.7 Å². The average Bonchev–Trinajstić information content (AvgIpc) is 2.41. The molecule has 7 heteroatoms. The molecule has 1 aromatic rings. The lowest BCUT2D eigenvalue weighted by Gasteiger charge is -2.24. The lowest BCUT2D eigenvalue weighted by atomic mass is 9.96. The molecule has 1 aromatic carbocycles. The first-order valence-corrected chi connectivity index (χ1v) is 8.67. The minimum atomic E-state index is -3.55. The van der Waals surface area contributed by atoms with Crippen LogP contribution in [0.15, 0.2) is 24.3 Å². The third kappa shape index (κ3) is 4.74. The Kier molecular flexibility index (Phi) is 5.55. The van der Waals surface area contributed by atoms with Gasteiger partial charge in [0.25, 0.3) is 0 Å². The SMILES string of the molecule is CC(C)(C)C(=O)NCCN(c1ccccc1C#N)S(C)(=O)=O. The molecule has 1 rings (SSSR count). The van der Waals surface area contributed by atoms with Crippen molar-refractivity contribution >= 4 is 21.6 Å². The number of carbonyl (C=O) groups is 1. The molecule has 0 spiro atoms. The van der Waals surface area contributed by atoms with Crippen LogP contribution >= 0.6 is 0 Å². The molecule has 6 nitrogen and oxygen atoms in total. The van der Waals surface area contributed by atoms with Gasteiger partial charge in [-0.3, -0.25) is 9.10 Å². The van der Waals surface area contributed by atoms with Crippen LogP contribution in [0.25, 0.3) is 0 Å². The van der Waals surface area contributed by atoms with Gasteiger partial charge in [0.2, 0.25) is 15.9 Å². The molecule has 1 N–H and O–H groups in total. The zero-order valence-corrected chi connectivity index (χ0v) is 14.1. The number of hydrogen-bond donors (Lipinski definition) is 1. The van der Waals surface area contributed by atoms with Crippen LogP contribution in [0.5, 0.6) is 0 Å². The number of carbonyl (C=O) groups excluding carboxylic acids is 1. The summed E-state index contributed by atoms with van der Waals surface area (Å²) in [5, 5.41) is 11.8. The molecular weight excluding hydrogens is 302 g/mol. The number of sulfonamides is 1. The predicted octanol–water partition coefficient (Wildman–Crippen LogP) is 1.49. The topological polar surface area (TPSA) is 90.3 Å². The molecule has 0 aliphatic heterocycles. The summed E-state index contributed by atoms with van der Waals surface area (Å²) >= 11 is 0. The van der Waals surface area contributed by atoms with Crippen LogP contribution in [0, 0.1) is 16.7 Å². The van der Waals surface area contributed by atoms with E-state index in [0.717, 1.165) is 10.6 Å². The van der Waals surface area contributed by atoms with Crippen LogP contribution in [0.4, 0.5) is 5.69 Å². The minimum absolute atomic E-state index is 0.0688. The molecule has 0 saturated carbocycles. The molecule has 0 unspecified atom stereocenters. The average molecular weight is 323 g/mol. The lowest BCUT2D eigenvalue weighted by molar-refractivity contribution is -0.128. The van der Waals surface area contributed by atoms with Crippen molar-refractivity contribution in [2.45, 2.75) is 20.8 Å². The second kappa shape index (κ2) is 6.79. The number of nitrogens with zero attached hydrogens (tertiary/aromatic N) is 2. The maximum atomic E-state index is 12.0. The van der Waals surface area contributed by atoms with Crippen LogP contribution < -0.4 is 9.62 Å². The van der Waals surface area contributed by atoms with Gasteiger partial charge in [-0.2, -0.15) is 5.26 Å². The van der Waals surface area contributed by atoms with E-state index in [1.165, 1.54) is 0 Å². The van der Waals surface area contributed by atoms with Gasteiger partial charge in [0.15, 0.2) is 0 Å². The smallest absolute Gasteiger partial charge is 0.232 e. The first-order chi connectivity index (χ1) is 10.1. The van der Waals surface area contributed by atoms with Crippen molar-refractivity contribution in [1.29, 1.82) is 5.26 Å². The van der Waals surface area contributed by atoms with Crippen LogP contribution in [0.1, 0.15) is 26.3 Å². The van der Waals surface area contributed by atoms with Gasteiger partial charge in [0.1, 0.15) is 6.07 Å². The molecular formula is C15H21N3O3S. The Hall–Kier alpha value is -2.07. The molecule has 0 atom stereocenters. The van der Waals surface area contributed by atoms with Gasteiger partial charge >= 0.3 is 0 Å². The monoisotopic (exact) mass is 323 g/mol. The van der Waals surface area contributed by atoms with E-state index in [4.69, 9.17) is 5.26 Å². The van der Waals surface area contributed by atoms with Gasteiger partial charge in [-0.05, 0) is 12.1 Å². The number of hydrogen-bond acceptors (Lipinski definition) is 4. The first kappa shape index (κ1) is 18.0. The summed E-state index contributed by atoms with van der Waals surface area (Å²) in [6.07, 6.45) is 1.08. The quantitative estimate of drug-likeness (QED) is 0.889. The highest BCUT2D eigenvalue weighted by Crippen LogP contribution is 2.21. The second-order valence-corrected chi connectivity index (χ2v) is 7.88. The van der Waals surface area contributed by atoms with Crippen LogP contribution in [-0.2, 0) is 14.8 Å². The Balaban J connectivity index is 2.94. The second-order valence-electron chi connectivity index (χ2n) is 5.97. The Morgan fingerprint density at radius 2 is 1.91 bits per heavy atom. The van der Waals surface area contributed by atoms with Crippen LogP contribution in [0.2, 0.25) is 0 Å². The predicted molar refractivity (Wildman–Crippen MR) is 85.8 cm³/mol. The number of anilines is 1. The Bertz CT molecular complexity index is 685. The molecule has 0 saturated heterocycles. The van der Waals surface area contributed by atoms with Crippen LogP contribution in [-0.4, -0.2) is 33.7 Å². The van der Waals surface area contributed by atoms with E-state index in [1.807, 2.05) is 6.07 Å². The number of amides is 1. The van der Waals surface area contributed by atoms with Gasteiger partial charge in [0.05, 0.1) is 24.1 Å². The van der Waals surface area contributed by atoms with E-state index >= 15 is 0 Å². The normalized spacial score (nSPS) is 11.6. The molecule has 0 aromatic heterocycles. The largest absolute Gasteiger partial charge is 0.354 e. The summed E-state index contributed by atoms with van der Waals surface area (Å²) in [7, 11) is -3.55. The minimum Gasteiger partial charge on any atom is -0.354 e. The summed E-state index contributed by atoms with van der Waals surface area (Å²) in [5.74, 6) is -0.158. The summed E-state index contributed by atoms with van der Waals surface area (Å²) in [5.41, 5.74) is 0.0492. The molecule has 0 fully saturated rings. The molecule has 120 valence electrons. The van der Waals surface area contributed by atoms with Crippen molar-refractivity contribution in [3.63, 3.8) is 0 Å². The third-order valence-electron chi connectivity index (χ3n) is 2.98. The fourth-order valence-corrected chi connectivity index (χ4v) is 2.73. The highest BCUT2D eigenvalue weighted by atomic mass is 32.2. The van der Waals surface area contributed by atoms with Crippen molar-refractivity contribution < 1.29 is 13.2 Å². The third-order valence-corrected chi connectivity index (χ3v) is 4.16. The molecule has 0 bridgehead atoms. The molecule has 1 amide bonds. The number of para-hydroxylation sites is 1. The Labute approximate surface area is 131 Å². The van der Waals surface area contributed by atoms with Crippen molar-refractivity contribution in [3.8, 4) is 6.07 Å². The lowest BCUT2D eigenvalue weighted by Crippen LogP contribution is -2.41. The van der Waals surface area contributed by atoms with E-state index in [1.54, 1.807) is 45.0 Å². The summed E-state index contributed by atoms with van der Waals surface area (Å²) in [6.45, 7) is 5.58. The van der Waals surface area contributed by atoms with Gasteiger partial charge in [-0.1, -0.05) is 32.9 Å². The number of nitriles is 1. The Morgan fingerprint density at radius 3 is 2.41 bits per heavy atom.